The van der Waals surface area contributed by atoms with Crippen LogP contribution >= 0.6 is 0 Å². The fourth-order valence-corrected chi connectivity index (χ4v) is 0.885. The fourth-order valence-electron chi connectivity index (χ4n) is 0.885. The number of carboxylic acids is 1. The summed E-state index contributed by atoms with van der Waals surface area (Å²) in [7, 11) is 0. The number of hydrogen-bond donors (Lipinski definition) is 4. The van der Waals surface area contributed by atoms with Crippen molar-refractivity contribution >= 4 is 17.8 Å². The number of carbonyl (C=O) groups is 3. The molecule has 0 bridgehead atoms. The Morgan fingerprint density at radius 2 is 2.00 bits per heavy atom. The number of hydrogen-bond acceptors (Lipinski definition) is 5. The number of nitrogens with two attached hydrogens (primary N) is 2. The topological polar surface area (TPSA) is 145 Å². The van der Waals surface area contributed by atoms with Gasteiger partial charge in [-0.3, -0.25) is 9.59 Å². The van der Waals surface area contributed by atoms with Crippen LogP contribution in [-0.2, 0) is 19.1 Å². The smallest absolute Gasteiger partial charge is 0.326 e. The number of amides is 2. The minimum Gasteiger partial charge on any atom is -0.480 e. The lowest BCUT2D eigenvalue weighted by Crippen LogP contribution is -2.44. The third-order valence-electron chi connectivity index (χ3n) is 1.53. The lowest BCUT2D eigenvalue weighted by atomic mass is 10.2. The van der Waals surface area contributed by atoms with Crippen molar-refractivity contribution < 1.29 is 24.2 Å². The molecule has 0 aromatic heterocycles. The highest BCUT2D eigenvalue weighted by molar-refractivity contribution is 5.88. The number of primary amides is 1. The van der Waals surface area contributed by atoms with Crippen molar-refractivity contribution in [3.05, 3.63) is 0 Å². The van der Waals surface area contributed by atoms with Crippen LogP contribution in [0.2, 0.25) is 0 Å². The van der Waals surface area contributed by atoms with Crippen LogP contribution in [-0.4, -0.2) is 48.7 Å². The molecule has 8 nitrogen and oxygen atoms in total. The molecule has 0 saturated heterocycles. The Bertz CT molecular complexity index is 268. The molecule has 0 fully saturated rings. The number of nitrogens with one attached hydrogen (secondary N) is 1. The molecule has 0 aromatic carbocycles. The van der Waals surface area contributed by atoms with Crippen molar-refractivity contribution in [2.24, 2.45) is 11.5 Å². The van der Waals surface area contributed by atoms with Gasteiger partial charge in [-0.05, 0) is 0 Å². The Labute approximate surface area is 91.9 Å². The van der Waals surface area contributed by atoms with Gasteiger partial charge in [-0.2, -0.15) is 0 Å². The Hall–Kier alpha value is -1.67. The van der Waals surface area contributed by atoms with Crippen molar-refractivity contribution in [2.45, 2.75) is 12.5 Å². The highest BCUT2D eigenvalue weighted by Crippen LogP contribution is 1.91. The summed E-state index contributed by atoms with van der Waals surface area (Å²) in [5.41, 5.74) is 9.95. The number of aliphatic carboxylic acids is 1. The molecule has 8 heteroatoms. The minimum atomic E-state index is -1.33. The molecule has 0 aliphatic heterocycles. The van der Waals surface area contributed by atoms with E-state index in [1.54, 1.807) is 0 Å². The molecular weight excluding hydrogens is 218 g/mol. The molecule has 2 amide bonds. The van der Waals surface area contributed by atoms with E-state index in [-0.39, 0.29) is 19.8 Å². The first kappa shape index (κ1) is 14.3. The molecule has 16 heavy (non-hydrogen) atoms. The van der Waals surface area contributed by atoms with Crippen LogP contribution in [0.3, 0.4) is 0 Å². The van der Waals surface area contributed by atoms with E-state index in [4.69, 9.17) is 21.3 Å². The first-order valence-electron chi connectivity index (χ1n) is 4.55. The molecule has 0 heterocycles. The lowest BCUT2D eigenvalue weighted by Gasteiger charge is -2.12. The zero-order valence-electron chi connectivity index (χ0n) is 8.64. The van der Waals surface area contributed by atoms with E-state index in [0.29, 0.717) is 0 Å². The second-order valence-corrected chi connectivity index (χ2v) is 2.97. The van der Waals surface area contributed by atoms with Crippen LogP contribution in [0.1, 0.15) is 6.42 Å². The van der Waals surface area contributed by atoms with E-state index in [1.807, 2.05) is 0 Å². The van der Waals surface area contributed by atoms with E-state index < -0.39 is 30.2 Å². The molecule has 92 valence electrons. The van der Waals surface area contributed by atoms with Crippen LogP contribution in [0.4, 0.5) is 0 Å². The van der Waals surface area contributed by atoms with E-state index >= 15 is 0 Å². The summed E-state index contributed by atoms with van der Waals surface area (Å²) >= 11 is 0. The van der Waals surface area contributed by atoms with Gasteiger partial charge in [0.25, 0.3) is 0 Å². The summed E-state index contributed by atoms with van der Waals surface area (Å²) in [6, 6.07) is -1.33. The molecule has 0 aromatic rings. The first-order valence-corrected chi connectivity index (χ1v) is 4.55. The zero-order chi connectivity index (χ0) is 12.6. The first-order chi connectivity index (χ1) is 7.47. The van der Waals surface area contributed by atoms with Gasteiger partial charge in [-0.1, -0.05) is 0 Å². The van der Waals surface area contributed by atoms with Gasteiger partial charge in [0, 0.05) is 6.54 Å². The predicted molar refractivity (Wildman–Crippen MR) is 53.3 cm³/mol. The normalized spacial score (nSPS) is 11.8. The van der Waals surface area contributed by atoms with E-state index in [0.717, 1.165) is 0 Å². The third kappa shape index (κ3) is 6.74. The second-order valence-electron chi connectivity index (χ2n) is 2.97. The monoisotopic (exact) mass is 233 g/mol. The quantitative estimate of drug-likeness (QED) is 0.338. The van der Waals surface area contributed by atoms with Gasteiger partial charge < -0.3 is 26.6 Å². The van der Waals surface area contributed by atoms with E-state index in [9.17, 15) is 14.4 Å². The highest BCUT2D eigenvalue weighted by Gasteiger charge is 2.21. The average molecular weight is 233 g/mol. The van der Waals surface area contributed by atoms with Gasteiger partial charge in [0.15, 0.2) is 0 Å². The van der Waals surface area contributed by atoms with Gasteiger partial charge in [0.05, 0.1) is 13.0 Å². The summed E-state index contributed by atoms with van der Waals surface area (Å²) in [6.07, 6.45) is -0.460. The molecule has 0 saturated carbocycles. The number of rotatable bonds is 8. The fraction of sp³-hybridized carbons (Fsp3) is 0.625. The number of ether oxygens (including phenoxy) is 1. The number of carboxylic acid groups (broad SMARTS) is 1. The van der Waals surface area contributed by atoms with Crippen LogP contribution in [0.15, 0.2) is 0 Å². The second kappa shape index (κ2) is 7.60. The maximum Gasteiger partial charge on any atom is 0.326 e. The zero-order valence-corrected chi connectivity index (χ0v) is 8.64. The molecule has 0 aliphatic rings. The van der Waals surface area contributed by atoms with Crippen molar-refractivity contribution in [1.29, 1.82) is 0 Å². The molecule has 0 aliphatic carbocycles. The van der Waals surface area contributed by atoms with Crippen molar-refractivity contribution in [3.63, 3.8) is 0 Å². The van der Waals surface area contributed by atoms with Crippen molar-refractivity contribution in [2.75, 3.05) is 19.8 Å². The summed E-state index contributed by atoms with van der Waals surface area (Å²) in [6.45, 7) is 0.150. The average Bonchev–Trinajstić information content (AvgIpc) is 2.16. The molecule has 0 spiro atoms. The van der Waals surface area contributed by atoms with Gasteiger partial charge in [0.2, 0.25) is 11.8 Å². The van der Waals surface area contributed by atoms with Crippen LogP contribution < -0.4 is 16.8 Å². The summed E-state index contributed by atoms with van der Waals surface area (Å²) < 4.78 is 4.78. The standard InChI is InChI=1S/C8H15N3O5/c9-1-2-16-4-7(13)11-5(8(14)15)3-6(10)12/h5H,1-4,9H2,(H2,10,12)(H,11,13)(H,14,15)/t5-/m1/s1. The van der Waals surface area contributed by atoms with Gasteiger partial charge >= 0.3 is 5.97 Å². The predicted octanol–water partition coefficient (Wildman–Crippen LogP) is -2.59. The minimum absolute atomic E-state index is 0.195. The molecule has 6 N–H and O–H groups in total. The van der Waals surface area contributed by atoms with Crippen LogP contribution in [0, 0.1) is 0 Å². The largest absolute Gasteiger partial charge is 0.480 e. The Balaban J connectivity index is 4.03. The highest BCUT2D eigenvalue weighted by atomic mass is 16.5. The van der Waals surface area contributed by atoms with Gasteiger partial charge in [-0.25, -0.2) is 4.79 Å². The van der Waals surface area contributed by atoms with Crippen molar-refractivity contribution in [1.82, 2.24) is 5.32 Å². The summed E-state index contributed by atoms with van der Waals surface area (Å²) in [4.78, 5) is 32.3. The van der Waals surface area contributed by atoms with Gasteiger partial charge in [0.1, 0.15) is 12.6 Å². The Morgan fingerprint density at radius 3 is 2.44 bits per heavy atom. The number of carbonyl (C=O) groups excluding carboxylic acids is 2. The molecule has 1 atom stereocenters. The van der Waals surface area contributed by atoms with E-state index in [1.165, 1.54) is 0 Å². The van der Waals surface area contributed by atoms with Crippen LogP contribution in [0.25, 0.3) is 0 Å². The Kier molecular flexibility index (Phi) is 6.81. The summed E-state index contributed by atoms with van der Waals surface area (Å²) in [5, 5.41) is 10.8. The van der Waals surface area contributed by atoms with E-state index in [2.05, 4.69) is 5.32 Å². The maximum absolute atomic E-state index is 11.1. The van der Waals surface area contributed by atoms with Crippen molar-refractivity contribution in [3.8, 4) is 0 Å². The SMILES string of the molecule is NCCOCC(=O)N[C@H](CC(N)=O)C(=O)O. The Morgan fingerprint density at radius 1 is 1.38 bits per heavy atom. The lowest BCUT2D eigenvalue weighted by molar-refractivity contribution is -0.144. The summed E-state index contributed by atoms with van der Waals surface area (Å²) in [5.74, 6) is -2.77. The molecule has 0 radical (unpaired) electrons. The molecule has 0 unspecified atom stereocenters. The molecule has 0 rings (SSSR count). The van der Waals surface area contributed by atoms with Crippen LogP contribution in [0.5, 0.6) is 0 Å². The van der Waals surface area contributed by atoms with Gasteiger partial charge in [-0.15, -0.1) is 0 Å². The maximum atomic E-state index is 11.1. The molecular formula is C8H15N3O5. The third-order valence-corrected chi connectivity index (χ3v) is 1.53.